The van der Waals surface area contributed by atoms with Crippen LogP contribution in [0.15, 0.2) is 60.8 Å². The van der Waals surface area contributed by atoms with Gasteiger partial charge in [-0.3, -0.25) is 13.8 Å². The maximum atomic E-state index is 12.9. The van der Waals surface area contributed by atoms with Crippen LogP contribution in [0.1, 0.15) is 277 Å². The molecule has 0 bridgehead atoms. The van der Waals surface area contributed by atoms with Gasteiger partial charge in [-0.25, -0.2) is 4.57 Å². The van der Waals surface area contributed by atoms with Crippen LogP contribution in [-0.2, 0) is 18.4 Å². The molecule has 0 aliphatic carbocycles. The lowest BCUT2D eigenvalue weighted by Gasteiger charge is -2.25. The average molecular weight is 1020 g/mol. The third-order valence-electron chi connectivity index (χ3n) is 13.4. The molecule has 0 heterocycles. The van der Waals surface area contributed by atoms with E-state index in [1.807, 2.05) is 27.2 Å². The van der Waals surface area contributed by atoms with Crippen molar-refractivity contribution in [3.63, 3.8) is 0 Å². The van der Waals surface area contributed by atoms with Crippen molar-refractivity contribution in [1.82, 2.24) is 5.32 Å². The second kappa shape index (κ2) is 53.0. The second-order valence-corrected chi connectivity index (χ2v) is 23.1. The molecule has 0 aromatic heterocycles. The van der Waals surface area contributed by atoms with Crippen molar-refractivity contribution in [2.75, 3.05) is 40.9 Å². The second-order valence-electron chi connectivity index (χ2n) is 21.7. The molecular weight excluding hydrogens is 900 g/mol. The molecule has 0 radical (unpaired) electrons. The molecule has 8 nitrogen and oxygen atoms in total. The van der Waals surface area contributed by atoms with E-state index in [1.54, 1.807) is 6.08 Å². The van der Waals surface area contributed by atoms with Crippen molar-refractivity contribution in [3.8, 4) is 0 Å². The van der Waals surface area contributed by atoms with Crippen molar-refractivity contribution in [1.29, 1.82) is 0 Å². The first kappa shape index (κ1) is 69.2. The van der Waals surface area contributed by atoms with Gasteiger partial charge in [0.25, 0.3) is 0 Å². The van der Waals surface area contributed by atoms with Gasteiger partial charge >= 0.3 is 7.82 Å². The SMILES string of the molecule is CC/C=C/CC/C=C/CC/C=C/C(O)C(COP(=O)(O)OCC[N+](C)(C)C)NC(=O)CCCCCCCCCCCCCCCCCCCCCCCCCCCCC/C=C\C/C=C\CCCCCCC. The summed E-state index contributed by atoms with van der Waals surface area (Å²) in [4.78, 5) is 23.2. The van der Waals surface area contributed by atoms with Crippen LogP contribution in [0.25, 0.3) is 0 Å². The number of allylic oxidation sites excluding steroid dienone is 9. The average Bonchev–Trinajstić information content (AvgIpc) is 3.33. The summed E-state index contributed by atoms with van der Waals surface area (Å²) < 4.78 is 23.6. The van der Waals surface area contributed by atoms with Gasteiger partial charge in [0.15, 0.2) is 0 Å². The Morgan fingerprint density at radius 1 is 0.493 bits per heavy atom. The van der Waals surface area contributed by atoms with Crippen LogP contribution in [0.3, 0.4) is 0 Å². The lowest BCUT2D eigenvalue weighted by atomic mass is 10.0. The predicted molar refractivity (Wildman–Crippen MR) is 309 cm³/mol. The molecule has 9 heteroatoms. The number of likely N-dealkylation sites (N-methyl/N-ethyl adjacent to an activating group) is 1. The summed E-state index contributed by atoms with van der Waals surface area (Å²) in [6.07, 6.45) is 72.4. The number of phosphoric acid groups is 1. The van der Waals surface area contributed by atoms with Crippen molar-refractivity contribution < 1.29 is 32.9 Å². The van der Waals surface area contributed by atoms with Gasteiger partial charge in [-0.1, -0.05) is 261 Å². The number of hydrogen-bond acceptors (Lipinski definition) is 5. The van der Waals surface area contributed by atoms with E-state index in [4.69, 9.17) is 9.05 Å². The molecule has 416 valence electrons. The molecule has 0 aromatic carbocycles. The van der Waals surface area contributed by atoms with Crippen LogP contribution < -0.4 is 5.32 Å². The maximum absolute atomic E-state index is 12.9. The van der Waals surface area contributed by atoms with Crippen molar-refractivity contribution in [2.45, 2.75) is 289 Å². The number of unbranched alkanes of at least 4 members (excludes halogenated alkanes) is 34. The van der Waals surface area contributed by atoms with Crippen LogP contribution in [0.2, 0.25) is 0 Å². The molecule has 3 unspecified atom stereocenters. The summed E-state index contributed by atoms with van der Waals surface area (Å²) in [5, 5.41) is 13.8. The molecule has 0 aliphatic rings. The van der Waals surface area contributed by atoms with Crippen LogP contribution in [0.5, 0.6) is 0 Å². The number of rotatable bonds is 55. The Balaban J connectivity index is 3.82. The topological polar surface area (TPSA) is 105 Å². The summed E-state index contributed by atoms with van der Waals surface area (Å²) in [6.45, 7) is 4.66. The van der Waals surface area contributed by atoms with Crippen LogP contribution in [0.4, 0.5) is 0 Å². The summed E-state index contributed by atoms with van der Waals surface area (Å²) >= 11 is 0. The molecular formula is C62H118N2O6P+. The molecule has 3 atom stereocenters. The van der Waals surface area contributed by atoms with Gasteiger partial charge < -0.3 is 19.8 Å². The number of carbonyl (C=O) groups excluding carboxylic acids is 1. The summed E-state index contributed by atoms with van der Waals surface area (Å²) in [5.41, 5.74) is 0. The zero-order valence-electron chi connectivity index (χ0n) is 47.5. The molecule has 0 spiro atoms. The van der Waals surface area contributed by atoms with E-state index in [9.17, 15) is 19.4 Å². The molecule has 0 saturated carbocycles. The largest absolute Gasteiger partial charge is 0.472 e. The molecule has 0 aromatic rings. The fourth-order valence-corrected chi connectivity index (χ4v) is 9.50. The number of aliphatic hydroxyl groups is 1. The van der Waals surface area contributed by atoms with E-state index in [1.165, 1.54) is 199 Å². The van der Waals surface area contributed by atoms with Crippen LogP contribution in [0, 0.1) is 0 Å². The number of amides is 1. The van der Waals surface area contributed by atoms with Gasteiger partial charge in [0.2, 0.25) is 5.91 Å². The standard InChI is InChI=1S/C62H117N2O6P/c1-6-8-10-12-14-16-18-19-20-21-22-23-24-25-26-27-28-29-30-31-32-33-34-35-36-37-38-39-40-41-42-43-44-45-46-48-50-52-54-56-62(66)63-60(59-70-71(67,68)69-58-57-64(3,4)5)61(65)55-53-51-49-47-17-15-13-11-9-7-2/h9,11,17-19,21-22,47,53,55,60-61,65H,6-8,10,12-16,20,23-46,48-52,54,56-59H2,1-5H3,(H-,63,66,67,68)/p+1/b11-9+,19-18-,22-21-,47-17+,55-53+. The molecule has 1 amide bonds. The van der Waals surface area contributed by atoms with Gasteiger partial charge in [-0.05, 0) is 70.6 Å². The first-order valence-corrected chi connectivity index (χ1v) is 31.7. The number of phosphoric ester groups is 1. The van der Waals surface area contributed by atoms with Crippen molar-refractivity contribution in [3.05, 3.63) is 60.8 Å². The lowest BCUT2D eigenvalue weighted by Crippen LogP contribution is -2.45. The zero-order chi connectivity index (χ0) is 52.0. The Morgan fingerprint density at radius 3 is 1.27 bits per heavy atom. The van der Waals surface area contributed by atoms with Crippen molar-refractivity contribution >= 4 is 13.7 Å². The van der Waals surface area contributed by atoms with E-state index in [0.29, 0.717) is 17.4 Å². The summed E-state index contributed by atoms with van der Waals surface area (Å²) in [6, 6.07) is -0.868. The quantitative estimate of drug-likeness (QED) is 0.0243. The number of quaternary nitrogens is 1. The number of hydrogen-bond donors (Lipinski definition) is 3. The van der Waals surface area contributed by atoms with Crippen LogP contribution in [-0.4, -0.2) is 73.4 Å². The lowest BCUT2D eigenvalue weighted by molar-refractivity contribution is -0.870. The highest BCUT2D eigenvalue weighted by molar-refractivity contribution is 7.47. The Hall–Kier alpha value is -1.80. The van der Waals surface area contributed by atoms with Gasteiger partial charge in [-0.15, -0.1) is 0 Å². The van der Waals surface area contributed by atoms with E-state index in [2.05, 4.69) is 67.8 Å². The van der Waals surface area contributed by atoms with Gasteiger partial charge in [0.1, 0.15) is 13.2 Å². The van der Waals surface area contributed by atoms with Gasteiger partial charge in [0, 0.05) is 6.42 Å². The Kier molecular flexibility index (Phi) is 51.7. The van der Waals surface area contributed by atoms with Gasteiger partial charge in [0.05, 0.1) is 39.9 Å². The molecule has 0 fully saturated rings. The number of nitrogens with one attached hydrogen (secondary N) is 1. The van der Waals surface area contributed by atoms with Crippen molar-refractivity contribution in [2.24, 2.45) is 0 Å². The van der Waals surface area contributed by atoms with E-state index in [-0.39, 0.29) is 19.1 Å². The predicted octanol–water partition coefficient (Wildman–Crippen LogP) is 18.5. The third kappa shape index (κ3) is 55.8. The minimum atomic E-state index is -4.35. The smallest absolute Gasteiger partial charge is 0.387 e. The van der Waals surface area contributed by atoms with E-state index < -0.39 is 20.0 Å². The minimum absolute atomic E-state index is 0.0533. The van der Waals surface area contributed by atoms with Gasteiger partial charge in [-0.2, -0.15) is 0 Å². The highest BCUT2D eigenvalue weighted by Crippen LogP contribution is 2.43. The fourth-order valence-electron chi connectivity index (χ4n) is 8.76. The minimum Gasteiger partial charge on any atom is -0.387 e. The number of nitrogens with zero attached hydrogens (tertiary/aromatic N) is 1. The van der Waals surface area contributed by atoms with E-state index >= 15 is 0 Å². The van der Waals surface area contributed by atoms with E-state index in [0.717, 1.165) is 57.8 Å². The third-order valence-corrected chi connectivity index (χ3v) is 14.4. The molecule has 0 rings (SSSR count). The molecule has 3 N–H and O–H groups in total. The summed E-state index contributed by atoms with van der Waals surface area (Å²) in [5.74, 6) is -0.190. The number of carbonyl (C=O) groups is 1. The monoisotopic (exact) mass is 1020 g/mol. The highest BCUT2D eigenvalue weighted by Gasteiger charge is 2.27. The number of aliphatic hydroxyl groups excluding tert-OH is 1. The molecule has 0 aliphatic heterocycles. The zero-order valence-corrected chi connectivity index (χ0v) is 48.4. The summed E-state index contributed by atoms with van der Waals surface area (Å²) in [7, 11) is 1.55. The Labute approximate surface area is 441 Å². The Morgan fingerprint density at radius 2 is 0.859 bits per heavy atom. The van der Waals surface area contributed by atoms with Crippen LogP contribution >= 0.6 is 7.82 Å². The maximum Gasteiger partial charge on any atom is 0.472 e. The highest BCUT2D eigenvalue weighted by atomic mass is 31.2. The fraction of sp³-hybridized carbons (Fsp3) is 0.823. The normalized spacial score (nSPS) is 14.3. The molecule has 71 heavy (non-hydrogen) atoms. The Bertz CT molecular complexity index is 1340. The molecule has 0 saturated heterocycles. The first-order valence-electron chi connectivity index (χ1n) is 30.2. The first-order chi connectivity index (χ1) is 34.5.